The third-order valence-corrected chi connectivity index (χ3v) is 9.62. The van der Waals surface area contributed by atoms with Crippen LogP contribution < -0.4 is 20.9 Å². The van der Waals surface area contributed by atoms with E-state index in [-0.39, 0.29) is 0 Å². The summed E-state index contributed by atoms with van der Waals surface area (Å²) in [4.78, 5) is 0. The molecule has 0 aromatic heterocycles. The molecule has 0 bridgehead atoms. The predicted molar refractivity (Wildman–Crippen MR) is 166 cm³/mol. The molecule has 2 aromatic carbocycles. The molecule has 4 N–H and O–H groups in total. The van der Waals surface area contributed by atoms with E-state index < -0.39 is 195 Å². The third-order valence-electron chi connectivity index (χ3n) is 9.62. The molecule has 0 fully saturated rings. The van der Waals surface area contributed by atoms with Gasteiger partial charge in [-0.2, -0.15) is 176 Å². The van der Waals surface area contributed by atoms with Gasteiger partial charge < -0.3 is 20.9 Å². The van der Waals surface area contributed by atoms with Crippen molar-refractivity contribution >= 4 is 11.4 Å². The van der Waals surface area contributed by atoms with Gasteiger partial charge in [0.1, 0.15) is 11.5 Å². The van der Waals surface area contributed by atoms with E-state index in [9.17, 15) is 149 Å². The minimum Gasteiger partial charge on any atom is -0.429 e. The molecule has 44 heteroatoms. The van der Waals surface area contributed by atoms with Crippen molar-refractivity contribution in [3.63, 3.8) is 0 Å². The van der Waals surface area contributed by atoms with Crippen molar-refractivity contribution in [3.8, 4) is 11.5 Å². The Labute approximate surface area is 392 Å². The number of ether oxygens (including phenoxy) is 2. The molecule has 0 heterocycles. The van der Waals surface area contributed by atoms with E-state index in [1.54, 1.807) is 0 Å². The Balaban J connectivity index is 3.12. The average Bonchev–Trinajstić information content (AvgIpc) is 3.21. The van der Waals surface area contributed by atoms with E-state index in [1.807, 2.05) is 0 Å². The van der Waals surface area contributed by atoms with Crippen LogP contribution >= 0.6 is 0 Å². The van der Waals surface area contributed by atoms with E-state index in [4.69, 9.17) is 11.5 Å². The highest BCUT2D eigenvalue weighted by Crippen LogP contribution is 2.67. The van der Waals surface area contributed by atoms with E-state index >= 15 is 26.3 Å². The molecule has 0 aliphatic heterocycles. The first-order valence-corrected chi connectivity index (χ1v) is 17.4. The normalized spacial score (nSPS) is 16.3. The molecule has 0 aliphatic rings. The number of benzene rings is 2. The van der Waals surface area contributed by atoms with Crippen LogP contribution in [-0.4, -0.2) is 95.8 Å². The van der Waals surface area contributed by atoms with Gasteiger partial charge in [0.2, 0.25) is 17.1 Å². The summed E-state index contributed by atoms with van der Waals surface area (Å²) in [6.07, 6.45) is -32.0. The van der Waals surface area contributed by atoms with E-state index in [0.29, 0.717) is 0 Å². The van der Waals surface area contributed by atoms with Crippen LogP contribution in [0.4, 0.5) is 187 Å². The number of rotatable bonds is 18. The second kappa shape index (κ2) is 18.7. The van der Waals surface area contributed by atoms with Crippen LogP contribution in [0, 0.1) is 0 Å². The van der Waals surface area contributed by atoms with Crippen molar-refractivity contribution in [2.75, 3.05) is 11.5 Å². The number of hydrogen-bond acceptors (Lipinski definition) is 4. The van der Waals surface area contributed by atoms with Gasteiger partial charge in [-0.15, -0.1) is 0 Å². The smallest absolute Gasteiger partial charge is 0.429 e. The molecule has 4 nitrogen and oxygen atoms in total. The lowest BCUT2D eigenvalue weighted by Crippen LogP contribution is -2.72. The second-order valence-corrected chi connectivity index (χ2v) is 14.5. The molecular weight excluding hydrogens is 1220 g/mol. The molecule has 2 rings (SSSR count). The SMILES string of the molecule is Nc1ccc(C(c2ccc(N)cc2OC(F)=C(F)C(F)(F)C(F)(F)C(F)(F)C(F)(F)C(F)(F)C(F)(F)C(F)(F)F)(C(F)(F)F)C(F)(F)F)c(OC(F)=C(F)C(F)(F)C(F)(F)C(F)(F)C(F)(F)C(F)(F)C(F)(F)C(F)(F)F)c1. The van der Waals surface area contributed by atoms with Gasteiger partial charge in [-0.1, -0.05) is 12.1 Å². The molecule has 0 radical (unpaired) electrons. The number of anilines is 2. The van der Waals surface area contributed by atoms with E-state index in [2.05, 4.69) is 9.47 Å². The van der Waals surface area contributed by atoms with Gasteiger partial charge in [-0.05, 0) is 12.1 Å². The van der Waals surface area contributed by atoms with Crippen molar-refractivity contribution in [2.45, 2.75) is 101 Å². The van der Waals surface area contributed by atoms with Crippen LogP contribution in [0.5, 0.6) is 11.5 Å². The first-order chi connectivity index (χ1) is 33.4. The van der Waals surface area contributed by atoms with E-state index in [0.717, 1.165) is 0 Å². The minimum absolute atomic E-state index is 0.445. The van der Waals surface area contributed by atoms with Crippen molar-refractivity contribution in [3.05, 3.63) is 71.2 Å². The van der Waals surface area contributed by atoms with Gasteiger partial charge in [0.15, 0.2) is 0 Å². The molecule has 0 aliphatic carbocycles. The standard InChI is InChI=1S/C33H10F40N2O2/c34-13(18(38,39)20(42,43)22(46,47)24(50,51)26(54,55)28(58,59)32(68,69)70)15(36)76-11-5-7(74)1-3-9(11)17(30(62,63)64,31(65,66)67)10-4-2-8(75)6-12(10)77-16(37)14(35)19(40,41)21(44,45)23(48,49)25(52,53)27(56,57)29(60,61)33(71,72)73/h1-6H,74-75H2. The highest BCUT2D eigenvalue weighted by molar-refractivity contribution is 5.62. The largest absolute Gasteiger partial charge is 0.460 e. The fraction of sp³-hybridized carbons (Fsp3) is 0.515. The van der Waals surface area contributed by atoms with Gasteiger partial charge in [0.25, 0.3) is 0 Å². The van der Waals surface area contributed by atoms with Crippen molar-refractivity contribution in [2.24, 2.45) is 0 Å². The van der Waals surface area contributed by atoms with Gasteiger partial charge in [-0.25, -0.2) is 0 Å². The Kier molecular flexibility index (Phi) is 16.4. The quantitative estimate of drug-likeness (QED) is 0.0886. The van der Waals surface area contributed by atoms with Gasteiger partial charge in [0, 0.05) is 34.6 Å². The van der Waals surface area contributed by atoms with Crippen molar-refractivity contribution in [1.29, 1.82) is 0 Å². The first-order valence-electron chi connectivity index (χ1n) is 17.4. The number of alkyl halides is 36. The van der Waals surface area contributed by atoms with Crippen LogP contribution in [-0.2, 0) is 5.41 Å². The number of nitrogen functional groups attached to an aromatic ring is 2. The lowest BCUT2D eigenvalue weighted by atomic mass is 9.72. The molecule has 0 atom stereocenters. The zero-order valence-corrected chi connectivity index (χ0v) is 34.1. The summed E-state index contributed by atoms with van der Waals surface area (Å²) < 4.78 is 564. The highest BCUT2D eigenvalue weighted by atomic mass is 19.5. The molecule has 2 aromatic rings. The molecule has 77 heavy (non-hydrogen) atoms. The molecular formula is C33H10F40N2O2. The predicted octanol–water partition coefficient (Wildman–Crippen LogP) is 16.0. The van der Waals surface area contributed by atoms with Crippen LogP contribution in [0.15, 0.2) is 60.1 Å². The Morgan fingerprint density at radius 3 is 0.701 bits per heavy atom. The maximum atomic E-state index is 15.1. The van der Waals surface area contributed by atoms with Gasteiger partial charge >= 0.3 is 108 Å². The third kappa shape index (κ3) is 9.45. The zero-order chi connectivity index (χ0) is 61.9. The lowest BCUT2D eigenvalue weighted by molar-refractivity contribution is -0.451. The van der Waals surface area contributed by atoms with Crippen LogP contribution in [0.1, 0.15) is 11.1 Å². The molecule has 0 amide bonds. The monoisotopic (exact) mass is 1230 g/mol. The fourth-order valence-electron chi connectivity index (χ4n) is 5.52. The Morgan fingerprint density at radius 2 is 0.494 bits per heavy atom. The Morgan fingerprint density at radius 1 is 0.286 bits per heavy atom. The van der Waals surface area contributed by atoms with Crippen molar-refractivity contribution in [1.82, 2.24) is 0 Å². The number of hydrogen-bond donors (Lipinski definition) is 2. The summed E-state index contributed by atoms with van der Waals surface area (Å²) in [5.41, 5.74) is -7.29. The maximum Gasteiger partial charge on any atom is 0.460 e. The summed E-state index contributed by atoms with van der Waals surface area (Å²) in [7, 11) is 0. The number of nitrogens with two attached hydrogens (primary N) is 2. The van der Waals surface area contributed by atoms with Crippen LogP contribution in [0.3, 0.4) is 0 Å². The average molecular weight is 1230 g/mol. The van der Waals surface area contributed by atoms with Gasteiger partial charge in [-0.3, -0.25) is 0 Å². The minimum atomic E-state index is -9.30. The summed E-state index contributed by atoms with van der Waals surface area (Å²) in [6, 6.07) is -14.6. The first kappa shape index (κ1) is 67.4. The number of allylic oxidation sites excluding steroid dienone is 2. The van der Waals surface area contributed by atoms with Crippen LogP contribution in [0.25, 0.3) is 0 Å². The maximum absolute atomic E-state index is 15.1. The Bertz CT molecular complexity index is 2400. The molecule has 0 spiro atoms. The summed E-state index contributed by atoms with van der Waals surface area (Å²) in [6.45, 7) is 0. The molecule has 444 valence electrons. The van der Waals surface area contributed by atoms with Crippen molar-refractivity contribution < 1.29 is 185 Å². The fourth-order valence-corrected chi connectivity index (χ4v) is 5.52. The molecule has 0 saturated heterocycles. The topological polar surface area (TPSA) is 70.5 Å². The zero-order valence-electron chi connectivity index (χ0n) is 34.1. The summed E-state index contributed by atoms with van der Waals surface area (Å²) >= 11 is 0. The highest BCUT2D eigenvalue weighted by Gasteiger charge is 2.95. The molecule has 0 saturated carbocycles. The van der Waals surface area contributed by atoms with Crippen LogP contribution in [0.2, 0.25) is 0 Å². The van der Waals surface area contributed by atoms with Gasteiger partial charge in [0.05, 0.1) is 0 Å². The Hall–Kier alpha value is -5.68. The number of halogens is 40. The lowest BCUT2D eigenvalue weighted by Gasteiger charge is -2.41. The summed E-state index contributed by atoms with van der Waals surface area (Å²) in [5.74, 6) is -126. The second-order valence-electron chi connectivity index (χ2n) is 14.5. The molecule has 0 unspecified atom stereocenters. The van der Waals surface area contributed by atoms with E-state index in [1.165, 1.54) is 0 Å². The summed E-state index contributed by atoms with van der Waals surface area (Å²) in [5, 5.41) is 0.